The lowest BCUT2D eigenvalue weighted by molar-refractivity contribution is 0.0995. The molecule has 17 heavy (non-hydrogen) atoms. The van der Waals surface area contributed by atoms with Gasteiger partial charge in [-0.05, 0) is 24.4 Å². The Labute approximate surface area is 104 Å². The third-order valence-corrected chi connectivity index (χ3v) is 3.32. The van der Waals surface area contributed by atoms with Gasteiger partial charge in [-0.3, -0.25) is 4.79 Å². The SMILES string of the molecule is O=C(CNCCCn1ccnc1)c1cccs1. The topological polar surface area (TPSA) is 46.9 Å². The molecule has 1 N–H and O–H groups in total. The molecule has 0 amide bonds. The van der Waals surface area contributed by atoms with Crippen LogP contribution >= 0.6 is 11.3 Å². The fraction of sp³-hybridized carbons (Fsp3) is 0.333. The maximum Gasteiger partial charge on any atom is 0.186 e. The first-order valence-electron chi connectivity index (χ1n) is 5.59. The number of hydrogen-bond acceptors (Lipinski definition) is 4. The van der Waals surface area contributed by atoms with Crippen molar-refractivity contribution >= 4 is 17.1 Å². The van der Waals surface area contributed by atoms with E-state index in [1.807, 2.05) is 28.3 Å². The Morgan fingerprint density at radius 2 is 2.47 bits per heavy atom. The molecule has 5 heteroatoms. The van der Waals surface area contributed by atoms with Crippen LogP contribution in [0, 0.1) is 0 Å². The van der Waals surface area contributed by atoms with Gasteiger partial charge in [0.15, 0.2) is 5.78 Å². The van der Waals surface area contributed by atoms with Crippen LogP contribution in [0.5, 0.6) is 0 Å². The minimum absolute atomic E-state index is 0.169. The van der Waals surface area contributed by atoms with Crippen LogP contribution in [0.4, 0.5) is 0 Å². The Morgan fingerprint density at radius 3 is 3.18 bits per heavy atom. The predicted molar refractivity (Wildman–Crippen MR) is 68.4 cm³/mol. The van der Waals surface area contributed by atoms with Crippen LogP contribution in [0.1, 0.15) is 16.1 Å². The highest BCUT2D eigenvalue weighted by atomic mass is 32.1. The van der Waals surface area contributed by atoms with Crippen LogP contribution in [0.2, 0.25) is 0 Å². The Bertz CT molecular complexity index is 436. The summed E-state index contributed by atoms with van der Waals surface area (Å²) >= 11 is 1.49. The zero-order valence-electron chi connectivity index (χ0n) is 9.50. The number of carbonyl (C=O) groups is 1. The normalized spacial score (nSPS) is 10.6. The third kappa shape index (κ3) is 3.80. The van der Waals surface area contributed by atoms with Crippen molar-refractivity contribution in [3.63, 3.8) is 0 Å². The molecule has 0 spiro atoms. The Hall–Kier alpha value is -1.46. The summed E-state index contributed by atoms with van der Waals surface area (Å²) in [6, 6.07) is 3.76. The molecular weight excluding hydrogens is 234 g/mol. The van der Waals surface area contributed by atoms with Gasteiger partial charge < -0.3 is 9.88 Å². The molecule has 4 nitrogen and oxygen atoms in total. The summed E-state index contributed by atoms with van der Waals surface area (Å²) < 4.78 is 2.03. The molecule has 0 aliphatic carbocycles. The quantitative estimate of drug-likeness (QED) is 0.601. The van der Waals surface area contributed by atoms with Crippen LogP contribution in [-0.2, 0) is 6.54 Å². The summed E-state index contributed by atoms with van der Waals surface area (Å²) in [6.45, 7) is 2.19. The first kappa shape index (κ1) is 12.0. The van der Waals surface area contributed by atoms with Gasteiger partial charge in [-0.2, -0.15) is 0 Å². The van der Waals surface area contributed by atoms with Crippen molar-refractivity contribution in [2.75, 3.05) is 13.1 Å². The average molecular weight is 249 g/mol. The van der Waals surface area contributed by atoms with Gasteiger partial charge in [0.2, 0.25) is 0 Å². The molecule has 0 saturated heterocycles. The van der Waals surface area contributed by atoms with Crippen LogP contribution in [0.3, 0.4) is 0 Å². The van der Waals surface area contributed by atoms with Gasteiger partial charge in [0, 0.05) is 18.9 Å². The first-order chi connectivity index (χ1) is 8.36. The second-order valence-corrected chi connectivity index (χ2v) is 4.68. The van der Waals surface area contributed by atoms with E-state index in [1.54, 1.807) is 12.5 Å². The monoisotopic (exact) mass is 249 g/mol. The van der Waals surface area contributed by atoms with E-state index in [9.17, 15) is 4.79 Å². The van der Waals surface area contributed by atoms with Crippen molar-refractivity contribution in [2.24, 2.45) is 0 Å². The number of aromatic nitrogens is 2. The van der Waals surface area contributed by atoms with Gasteiger partial charge in [-0.15, -0.1) is 11.3 Å². The molecule has 0 aliphatic heterocycles. The van der Waals surface area contributed by atoms with E-state index in [1.165, 1.54) is 11.3 Å². The van der Waals surface area contributed by atoms with Gasteiger partial charge >= 0.3 is 0 Å². The zero-order chi connectivity index (χ0) is 11.9. The summed E-state index contributed by atoms with van der Waals surface area (Å²) in [6.07, 6.45) is 6.51. The average Bonchev–Trinajstić information content (AvgIpc) is 3.01. The molecule has 2 aromatic rings. The smallest absolute Gasteiger partial charge is 0.186 e. The third-order valence-electron chi connectivity index (χ3n) is 2.41. The van der Waals surface area contributed by atoms with E-state index < -0.39 is 0 Å². The van der Waals surface area contributed by atoms with E-state index in [4.69, 9.17) is 0 Å². The number of aryl methyl sites for hydroxylation is 1. The van der Waals surface area contributed by atoms with Gasteiger partial charge in [0.05, 0.1) is 17.7 Å². The summed E-state index contributed by atoms with van der Waals surface area (Å²) in [5, 5.41) is 5.08. The van der Waals surface area contributed by atoms with Crippen LogP contribution < -0.4 is 5.32 Å². The molecular formula is C12H15N3OS. The maximum atomic E-state index is 11.6. The highest BCUT2D eigenvalue weighted by Crippen LogP contribution is 2.08. The number of thiophene rings is 1. The van der Waals surface area contributed by atoms with Gasteiger partial charge in [0.1, 0.15) is 0 Å². The van der Waals surface area contributed by atoms with Crippen LogP contribution in [0.25, 0.3) is 0 Å². The predicted octanol–water partition coefficient (Wildman–Crippen LogP) is 1.81. The minimum atomic E-state index is 0.169. The maximum absolute atomic E-state index is 11.6. The van der Waals surface area contributed by atoms with Crippen molar-refractivity contribution < 1.29 is 4.79 Å². The lowest BCUT2D eigenvalue weighted by atomic mass is 10.3. The van der Waals surface area contributed by atoms with Crippen molar-refractivity contribution in [1.82, 2.24) is 14.9 Å². The summed E-state index contributed by atoms with van der Waals surface area (Å²) in [7, 11) is 0. The van der Waals surface area contributed by atoms with E-state index in [-0.39, 0.29) is 5.78 Å². The second-order valence-electron chi connectivity index (χ2n) is 3.73. The molecule has 0 unspecified atom stereocenters. The standard InChI is InChI=1S/C12H15N3OS/c16-11(12-3-1-8-17-12)9-13-4-2-6-15-7-5-14-10-15/h1,3,5,7-8,10,13H,2,4,6,9H2. The highest BCUT2D eigenvalue weighted by molar-refractivity contribution is 7.12. The molecule has 0 aliphatic rings. The number of hydrogen-bond donors (Lipinski definition) is 1. The highest BCUT2D eigenvalue weighted by Gasteiger charge is 2.04. The molecule has 0 radical (unpaired) electrons. The van der Waals surface area contributed by atoms with Crippen LogP contribution in [-0.4, -0.2) is 28.4 Å². The van der Waals surface area contributed by atoms with Crippen molar-refractivity contribution in [2.45, 2.75) is 13.0 Å². The van der Waals surface area contributed by atoms with Crippen LogP contribution in [0.15, 0.2) is 36.2 Å². The van der Waals surface area contributed by atoms with Gasteiger partial charge in [0.25, 0.3) is 0 Å². The zero-order valence-corrected chi connectivity index (χ0v) is 10.3. The Balaban J connectivity index is 1.59. The number of carbonyl (C=O) groups excluding carboxylic acids is 1. The minimum Gasteiger partial charge on any atom is -0.337 e. The molecule has 0 saturated carbocycles. The molecule has 90 valence electrons. The van der Waals surface area contributed by atoms with E-state index in [2.05, 4.69) is 10.3 Å². The number of nitrogens with zero attached hydrogens (tertiary/aromatic N) is 2. The lowest BCUT2D eigenvalue weighted by Crippen LogP contribution is -2.24. The molecule has 2 rings (SSSR count). The van der Waals surface area contributed by atoms with E-state index in [0.29, 0.717) is 6.54 Å². The van der Waals surface area contributed by atoms with E-state index >= 15 is 0 Å². The Morgan fingerprint density at radius 1 is 1.53 bits per heavy atom. The summed E-state index contributed by atoms with van der Waals surface area (Å²) in [5.74, 6) is 0.169. The lowest BCUT2D eigenvalue weighted by Gasteiger charge is -2.03. The number of rotatable bonds is 7. The number of Topliss-reactive ketones (excluding diaryl/α,β-unsaturated/α-hetero) is 1. The number of imidazole rings is 1. The molecule has 2 heterocycles. The molecule has 0 fully saturated rings. The summed E-state index contributed by atoms with van der Waals surface area (Å²) in [4.78, 5) is 16.4. The first-order valence-corrected chi connectivity index (χ1v) is 6.47. The number of nitrogens with one attached hydrogen (secondary N) is 1. The number of ketones is 1. The Kier molecular flexibility index (Phi) is 4.46. The molecule has 0 atom stereocenters. The van der Waals surface area contributed by atoms with Gasteiger partial charge in [-0.1, -0.05) is 6.07 Å². The van der Waals surface area contributed by atoms with Crippen molar-refractivity contribution in [3.05, 3.63) is 41.1 Å². The fourth-order valence-corrected chi connectivity index (χ4v) is 2.20. The molecule has 0 aromatic carbocycles. The second kappa shape index (κ2) is 6.32. The molecule has 2 aromatic heterocycles. The fourth-order valence-electron chi connectivity index (χ4n) is 1.53. The largest absolute Gasteiger partial charge is 0.337 e. The van der Waals surface area contributed by atoms with Crippen molar-refractivity contribution in [1.29, 1.82) is 0 Å². The molecule has 0 bridgehead atoms. The van der Waals surface area contributed by atoms with Crippen molar-refractivity contribution in [3.8, 4) is 0 Å². The van der Waals surface area contributed by atoms with Gasteiger partial charge in [-0.25, -0.2) is 4.98 Å². The summed E-state index contributed by atoms with van der Waals surface area (Å²) in [5.41, 5.74) is 0. The van der Waals surface area contributed by atoms with E-state index in [0.717, 1.165) is 24.4 Å².